The Morgan fingerprint density at radius 1 is 1.46 bits per heavy atom. The molecule has 0 spiro atoms. The second-order valence-corrected chi connectivity index (χ2v) is 2.79. The SMILES string of the molecule is N#CCc1[nH]c2ccccc2[n+]1N. The molecule has 64 valence electrons. The van der Waals surface area contributed by atoms with Crippen LogP contribution in [-0.2, 0) is 6.42 Å². The maximum absolute atomic E-state index is 8.53. The highest BCUT2D eigenvalue weighted by Crippen LogP contribution is 2.07. The van der Waals surface area contributed by atoms with Crippen molar-refractivity contribution in [3.63, 3.8) is 0 Å². The van der Waals surface area contributed by atoms with Gasteiger partial charge in [0.05, 0.1) is 6.07 Å². The number of para-hydroxylation sites is 2. The predicted molar refractivity (Wildman–Crippen MR) is 48.0 cm³/mol. The van der Waals surface area contributed by atoms with E-state index in [1.807, 2.05) is 24.3 Å². The number of rotatable bonds is 1. The Morgan fingerprint density at radius 2 is 2.23 bits per heavy atom. The van der Waals surface area contributed by atoms with E-state index in [1.54, 1.807) is 0 Å². The maximum atomic E-state index is 8.53. The fourth-order valence-corrected chi connectivity index (χ4v) is 1.35. The first-order valence-electron chi connectivity index (χ1n) is 3.96. The van der Waals surface area contributed by atoms with E-state index in [1.165, 1.54) is 4.68 Å². The lowest BCUT2D eigenvalue weighted by Crippen LogP contribution is -2.46. The molecule has 0 unspecified atom stereocenters. The summed E-state index contributed by atoms with van der Waals surface area (Å²) in [5, 5.41) is 8.53. The Kier molecular flexibility index (Phi) is 1.64. The van der Waals surface area contributed by atoms with E-state index in [0.717, 1.165) is 16.9 Å². The van der Waals surface area contributed by atoms with E-state index in [0.29, 0.717) is 6.42 Å². The van der Waals surface area contributed by atoms with Crippen LogP contribution in [0, 0.1) is 11.3 Å². The molecule has 3 N–H and O–H groups in total. The summed E-state index contributed by atoms with van der Waals surface area (Å²) >= 11 is 0. The highest BCUT2D eigenvalue weighted by Gasteiger charge is 2.14. The van der Waals surface area contributed by atoms with Gasteiger partial charge in [0, 0.05) is 0 Å². The van der Waals surface area contributed by atoms with E-state index in [-0.39, 0.29) is 0 Å². The summed E-state index contributed by atoms with van der Waals surface area (Å²) in [5.41, 5.74) is 1.86. The van der Waals surface area contributed by atoms with Crippen molar-refractivity contribution in [2.45, 2.75) is 6.42 Å². The molecule has 1 heterocycles. The van der Waals surface area contributed by atoms with Crippen molar-refractivity contribution >= 4 is 11.0 Å². The number of hydrogen-bond donors (Lipinski definition) is 2. The second-order valence-electron chi connectivity index (χ2n) is 2.79. The molecule has 0 aliphatic heterocycles. The van der Waals surface area contributed by atoms with Gasteiger partial charge in [-0.05, 0) is 12.1 Å². The first-order valence-corrected chi connectivity index (χ1v) is 3.96. The smallest absolute Gasteiger partial charge is 0.268 e. The van der Waals surface area contributed by atoms with Crippen LogP contribution in [-0.4, -0.2) is 4.98 Å². The highest BCUT2D eigenvalue weighted by atomic mass is 15.3. The summed E-state index contributed by atoms with van der Waals surface area (Å²) in [7, 11) is 0. The van der Waals surface area contributed by atoms with Crippen molar-refractivity contribution in [1.82, 2.24) is 4.98 Å². The Hall–Kier alpha value is -2.02. The molecule has 0 fully saturated rings. The lowest BCUT2D eigenvalue weighted by molar-refractivity contribution is -0.619. The Morgan fingerprint density at radius 3 is 2.92 bits per heavy atom. The van der Waals surface area contributed by atoms with E-state index < -0.39 is 0 Å². The molecule has 0 amide bonds. The number of nitrogens with zero attached hydrogens (tertiary/aromatic N) is 2. The minimum absolute atomic E-state index is 0.297. The number of fused-ring (bicyclic) bond motifs is 1. The van der Waals surface area contributed by atoms with Gasteiger partial charge in [-0.3, -0.25) is 5.84 Å². The van der Waals surface area contributed by atoms with Gasteiger partial charge in [0.25, 0.3) is 5.82 Å². The highest BCUT2D eigenvalue weighted by molar-refractivity contribution is 5.71. The molecule has 0 saturated carbocycles. The minimum Gasteiger partial charge on any atom is -0.268 e. The molecule has 0 bridgehead atoms. The maximum Gasteiger partial charge on any atom is 0.292 e. The third kappa shape index (κ3) is 1.11. The van der Waals surface area contributed by atoms with Gasteiger partial charge in [0.2, 0.25) is 0 Å². The number of aromatic amines is 1. The van der Waals surface area contributed by atoms with E-state index >= 15 is 0 Å². The molecule has 0 saturated heterocycles. The summed E-state index contributed by atoms with van der Waals surface area (Å²) in [5.74, 6) is 6.48. The topological polar surface area (TPSA) is 69.5 Å². The molecule has 13 heavy (non-hydrogen) atoms. The molecule has 1 aromatic carbocycles. The van der Waals surface area contributed by atoms with Crippen LogP contribution in [0.5, 0.6) is 0 Å². The number of benzene rings is 1. The average molecular weight is 173 g/mol. The molecule has 1 aromatic heterocycles. The molecular weight excluding hydrogens is 164 g/mol. The fourth-order valence-electron chi connectivity index (χ4n) is 1.35. The van der Waals surface area contributed by atoms with Crippen molar-refractivity contribution in [2.75, 3.05) is 5.84 Å². The monoisotopic (exact) mass is 173 g/mol. The molecule has 4 nitrogen and oxygen atoms in total. The minimum atomic E-state index is 0.297. The zero-order chi connectivity index (χ0) is 9.26. The summed E-state index contributed by atoms with van der Waals surface area (Å²) in [6, 6.07) is 9.73. The lowest BCUT2D eigenvalue weighted by Gasteiger charge is -1.86. The third-order valence-electron chi connectivity index (χ3n) is 1.98. The molecule has 0 radical (unpaired) electrons. The van der Waals surface area contributed by atoms with Gasteiger partial charge in [-0.2, -0.15) is 5.26 Å². The van der Waals surface area contributed by atoms with Gasteiger partial charge in [-0.25, -0.2) is 4.98 Å². The van der Waals surface area contributed by atoms with Crippen LogP contribution in [0.3, 0.4) is 0 Å². The summed E-state index contributed by atoms with van der Waals surface area (Å²) in [4.78, 5) is 3.08. The van der Waals surface area contributed by atoms with Gasteiger partial charge in [0.15, 0.2) is 11.0 Å². The van der Waals surface area contributed by atoms with Gasteiger partial charge in [0.1, 0.15) is 6.42 Å². The van der Waals surface area contributed by atoms with Gasteiger partial charge in [-0.15, -0.1) is 4.68 Å². The molecule has 0 atom stereocenters. The third-order valence-corrected chi connectivity index (χ3v) is 1.98. The van der Waals surface area contributed by atoms with Crippen LogP contribution in [0.4, 0.5) is 0 Å². The molecule has 0 aliphatic rings. The number of nitrogens with one attached hydrogen (secondary N) is 1. The van der Waals surface area contributed by atoms with Gasteiger partial charge < -0.3 is 0 Å². The van der Waals surface area contributed by atoms with E-state index in [9.17, 15) is 0 Å². The Bertz CT molecular complexity index is 478. The van der Waals surface area contributed by atoms with Crippen molar-refractivity contribution < 1.29 is 4.68 Å². The molecule has 2 aromatic rings. The number of nitrogens with two attached hydrogens (primary N) is 1. The van der Waals surface area contributed by atoms with Crippen LogP contribution in [0.15, 0.2) is 24.3 Å². The summed E-state index contributed by atoms with van der Waals surface area (Å²) < 4.78 is 1.51. The van der Waals surface area contributed by atoms with Crippen LogP contribution < -0.4 is 10.5 Å². The van der Waals surface area contributed by atoms with E-state index in [2.05, 4.69) is 11.1 Å². The van der Waals surface area contributed by atoms with Crippen LogP contribution in [0.25, 0.3) is 11.0 Å². The predicted octanol–water partition coefficient (Wildman–Crippen LogP) is 0.235. The van der Waals surface area contributed by atoms with Crippen molar-refractivity contribution in [2.24, 2.45) is 0 Å². The van der Waals surface area contributed by atoms with Crippen molar-refractivity contribution in [1.29, 1.82) is 5.26 Å². The standard InChI is InChI=1S/C9H8N4/c10-6-5-9-12-7-3-1-2-4-8(7)13(9)11/h1-4H,5,11H2/p+1. The number of H-pyrrole nitrogens is 1. The van der Waals surface area contributed by atoms with Gasteiger partial charge >= 0.3 is 0 Å². The van der Waals surface area contributed by atoms with E-state index in [4.69, 9.17) is 11.1 Å². The Labute approximate surface area is 75.2 Å². The number of aromatic nitrogens is 2. The molecule has 0 aliphatic carbocycles. The first-order chi connectivity index (χ1) is 6.33. The number of nitrogen functional groups attached to an aromatic ring is 1. The van der Waals surface area contributed by atoms with Crippen molar-refractivity contribution in [3.8, 4) is 6.07 Å². The summed E-state index contributed by atoms with van der Waals surface area (Å²) in [6.07, 6.45) is 0.297. The normalized spacial score (nSPS) is 10.1. The van der Waals surface area contributed by atoms with Crippen molar-refractivity contribution in [3.05, 3.63) is 30.1 Å². The van der Waals surface area contributed by atoms with Gasteiger partial charge in [-0.1, -0.05) is 12.1 Å². The number of nitriles is 1. The fraction of sp³-hybridized carbons (Fsp3) is 0.111. The molecule has 4 heteroatoms. The lowest BCUT2D eigenvalue weighted by atomic mass is 10.3. The number of imidazole rings is 1. The summed E-state index contributed by atoms with van der Waals surface area (Å²) in [6.45, 7) is 0. The quantitative estimate of drug-likeness (QED) is 0.479. The first kappa shape index (κ1) is 7.62. The molecular formula is C9H9N4+. The zero-order valence-electron chi connectivity index (χ0n) is 6.99. The largest absolute Gasteiger partial charge is 0.292 e. The number of hydrogen-bond acceptors (Lipinski definition) is 2. The average Bonchev–Trinajstić information content (AvgIpc) is 2.46. The van der Waals surface area contributed by atoms with Crippen LogP contribution >= 0.6 is 0 Å². The van der Waals surface area contributed by atoms with Crippen LogP contribution in [0.2, 0.25) is 0 Å². The zero-order valence-corrected chi connectivity index (χ0v) is 6.99. The van der Waals surface area contributed by atoms with Crippen LogP contribution in [0.1, 0.15) is 5.82 Å². The second kappa shape index (κ2) is 2.79. The Balaban J connectivity index is 2.68. The molecule has 2 rings (SSSR count).